The van der Waals surface area contributed by atoms with Crippen molar-refractivity contribution in [1.29, 1.82) is 0 Å². The SMILES string of the molecule is COc1ccc(S(=O)(=O)N(CC(=O)Nc2nc(-c3ccc(Cl)cc3)cn2-c2cccc(OC)c2)CC2CCCO2)cc1. The lowest BCUT2D eigenvalue weighted by atomic mass is 10.2. The van der Waals surface area contributed by atoms with Crippen molar-refractivity contribution in [2.45, 2.75) is 23.8 Å². The number of imidazole rings is 1. The molecule has 0 spiro atoms. The molecule has 1 aliphatic heterocycles. The number of carbonyl (C=O) groups excluding carboxylic acids is 1. The van der Waals surface area contributed by atoms with Gasteiger partial charge in [-0.05, 0) is 61.4 Å². The second kappa shape index (κ2) is 13.0. The van der Waals surface area contributed by atoms with E-state index in [1.165, 1.54) is 19.2 Å². The Morgan fingerprint density at radius 2 is 1.81 bits per heavy atom. The molecule has 1 unspecified atom stereocenters. The molecule has 1 N–H and O–H groups in total. The van der Waals surface area contributed by atoms with Crippen molar-refractivity contribution < 1.29 is 27.4 Å². The van der Waals surface area contributed by atoms with E-state index < -0.39 is 22.5 Å². The lowest BCUT2D eigenvalue weighted by Crippen LogP contribution is -2.42. The number of rotatable bonds is 11. The third-order valence-electron chi connectivity index (χ3n) is 6.88. The predicted octanol–water partition coefficient (Wildman–Crippen LogP) is 5.02. The van der Waals surface area contributed by atoms with Crippen molar-refractivity contribution >= 4 is 33.5 Å². The minimum Gasteiger partial charge on any atom is -0.497 e. The van der Waals surface area contributed by atoms with Crippen molar-refractivity contribution in [2.24, 2.45) is 0 Å². The summed E-state index contributed by atoms with van der Waals surface area (Å²) in [4.78, 5) is 18.2. The monoisotopic (exact) mass is 610 g/mol. The molecule has 2 heterocycles. The average Bonchev–Trinajstić information content (AvgIpc) is 3.67. The second-order valence-corrected chi connectivity index (χ2v) is 12.1. The number of aromatic nitrogens is 2. The van der Waals surface area contributed by atoms with Crippen LogP contribution in [0.25, 0.3) is 16.9 Å². The molecule has 1 amide bonds. The number of carbonyl (C=O) groups is 1. The molecule has 0 bridgehead atoms. The number of ether oxygens (including phenoxy) is 3. The first-order chi connectivity index (χ1) is 20.3. The first kappa shape index (κ1) is 29.6. The Hall–Kier alpha value is -3.90. The van der Waals surface area contributed by atoms with Gasteiger partial charge >= 0.3 is 0 Å². The number of benzene rings is 3. The van der Waals surface area contributed by atoms with Gasteiger partial charge in [0.25, 0.3) is 0 Å². The Balaban J connectivity index is 1.45. The van der Waals surface area contributed by atoms with E-state index in [1.807, 2.05) is 30.3 Å². The fraction of sp³-hybridized carbons (Fsp3) is 0.267. The molecule has 1 aromatic heterocycles. The van der Waals surface area contributed by atoms with E-state index in [1.54, 1.807) is 48.2 Å². The summed E-state index contributed by atoms with van der Waals surface area (Å²) in [6, 6.07) is 20.5. The quantitative estimate of drug-likeness (QED) is 0.254. The Labute approximate surface area is 249 Å². The van der Waals surface area contributed by atoms with E-state index in [-0.39, 0.29) is 23.5 Å². The van der Waals surface area contributed by atoms with Crippen LogP contribution in [0, 0.1) is 0 Å². The fourth-order valence-corrected chi connectivity index (χ4v) is 6.22. The maximum Gasteiger partial charge on any atom is 0.243 e. The van der Waals surface area contributed by atoms with E-state index in [0.29, 0.717) is 40.9 Å². The molecule has 3 aromatic carbocycles. The van der Waals surface area contributed by atoms with Gasteiger partial charge in [0, 0.05) is 36.0 Å². The molecule has 4 aromatic rings. The third-order valence-corrected chi connectivity index (χ3v) is 8.95. The van der Waals surface area contributed by atoms with Gasteiger partial charge < -0.3 is 14.2 Å². The molecule has 220 valence electrons. The molecule has 5 rings (SSSR count). The molecular formula is C30H31ClN4O6S. The number of amides is 1. The first-order valence-corrected chi connectivity index (χ1v) is 15.1. The summed E-state index contributed by atoms with van der Waals surface area (Å²) in [5, 5.41) is 3.41. The van der Waals surface area contributed by atoms with E-state index in [9.17, 15) is 13.2 Å². The highest BCUT2D eigenvalue weighted by Crippen LogP contribution is 2.28. The zero-order chi connectivity index (χ0) is 29.7. The lowest BCUT2D eigenvalue weighted by Gasteiger charge is -2.24. The van der Waals surface area contributed by atoms with Crippen LogP contribution < -0.4 is 14.8 Å². The van der Waals surface area contributed by atoms with Crippen LogP contribution >= 0.6 is 11.6 Å². The summed E-state index contributed by atoms with van der Waals surface area (Å²) in [7, 11) is -0.958. The van der Waals surface area contributed by atoms with Crippen LogP contribution in [0.1, 0.15) is 12.8 Å². The summed E-state index contributed by atoms with van der Waals surface area (Å²) in [6.07, 6.45) is 3.02. The molecule has 0 saturated carbocycles. The van der Waals surface area contributed by atoms with Gasteiger partial charge in [-0.15, -0.1) is 0 Å². The summed E-state index contributed by atoms with van der Waals surface area (Å²) < 4.78 is 46.5. The number of sulfonamides is 1. The van der Waals surface area contributed by atoms with Crippen LogP contribution in [-0.2, 0) is 19.6 Å². The van der Waals surface area contributed by atoms with Crippen molar-refractivity contribution in [3.05, 3.63) is 84.0 Å². The van der Waals surface area contributed by atoms with E-state index in [2.05, 4.69) is 10.3 Å². The molecule has 0 aliphatic carbocycles. The maximum absolute atomic E-state index is 13.7. The van der Waals surface area contributed by atoms with Crippen molar-refractivity contribution in [2.75, 3.05) is 39.2 Å². The lowest BCUT2D eigenvalue weighted by molar-refractivity contribution is -0.116. The van der Waals surface area contributed by atoms with Crippen LogP contribution in [-0.4, -0.2) is 68.2 Å². The molecule has 1 fully saturated rings. The van der Waals surface area contributed by atoms with Gasteiger partial charge in [0.2, 0.25) is 21.9 Å². The maximum atomic E-state index is 13.7. The number of methoxy groups -OCH3 is 2. The largest absolute Gasteiger partial charge is 0.497 e. The normalized spacial score (nSPS) is 15.1. The zero-order valence-corrected chi connectivity index (χ0v) is 24.8. The van der Waals surface area contributed by atoms with Crippen LogP contribution in [0.2, 0.25) is 5.02 Å². The van der Waals surface area contributed by atoms with Gasteiger partial charge in [-0.3, -0.25) is 14.7 Å². The molecule has 1 aliphatic rings. The van der Waals surface area contributed by atoms with Gasteiger partial charge in [-0.2, -0.15) is 4.31 Å². The molecule has 0 radical (unpaired) electrons. The van der Waals surface area contributed by atoms with E-state index in [4.69, 9.17) is 25.8 Å². The second-order valence-electron chi connectivity index (χ2n) is 9.68. The smallest absolute Gasteiger partial charge is 0.243 e. The highest BCUT2D eigenvalue weighted by Gasteiger charge is 2.31. The van der Waals surface area contributed by atoms with Crippen molar-refractivity contribution in [3.8, 4) is 28.4 Å². The molecule has 42 heavy (non-hydrogen) atoms. The minimum absolute atomic E-state index is 0.0438. The molecule has 1 saturated heterocycles. The number of nitrogens with one attached hydrogen (secondary N) is 1. The van der Waals surface area contributed by atoms with Crippen LogP contribution in [0.5, 0.6) is 11.5 Å². The number of anilines is 1. The first-order valence-electron chi connectivity index (χ1n) is 13.3. The molecule has 1 atom stereocenters. The Morgan fingerprint density at radius 3 is 2.48 bits per heavy atom. The topological polar surface area (TPSA) is 112 Å². The number of halogens is 1. The fourth-order valence-electron chi connectivity index (χ4n) is 4.67. The van der Waals surface area contributed by atoms with Gasteiger partial charge in [0.15, 0.2) is 0 Å². The number of hydrogen-bond acceptors (Lipinski definition) is 7. The summed E-state index contributed by atoms with van der Waals surface area (Å²) in [5.74, 6) is 0.817. The summed E-state index contributed by atoms with van der Waals surface area (Å²) >= 11 is 6.07. The predicted molar refractivity (Wildman–Crippen MR) is 160 cm³/mol. The van der Waals surface area contributed by atoms with Crippen LogP contribution in [0.4, 0.5) is 5.95 Å². The van der Waals surface area contributed by atoms with E-state index >= 15 is 0 Å². The van der Waals surface area contributed by atoms with Gasteiger partial charge in [-0.1, -0.05) is 29.8 Å². The van der Waals surface area contributed by atoms with Crippen molar-refractivity contribution in [3.63, 3.8) is 0 Å². The molecular weight excluding hydrogens is 580 g/mol. The van der Waals surface area contributed by atoms with Crippen LogP contribution in [0.15, 0.2) is 83.9 Å². The molecule has 12 heteroatoms. The number of nitrogens with zero attached hydrogens (tertiary/aromatic N) is 3. The highest BCUT2D eigenvalue weighted by molar-refractivity contribution is 7.89. The Morgan fingerprint density at radius 1 is 1.07 bits per heavy atom. The minimum atomic E-state index is -4.03. The zero-order valence-electron chi connectivity index (χ0n) is 23.2. The standard InChI is InChI=1S/C30H31ClN4O6S/c1-39-24-12-14-27(15-13-24)42(37,38)34(18-26-7-4-16-41-26)20-29(36)33-30-32-28(21-8-10-22(31)11-9-21)19-35(30)23-5-3-6-25(17-23)40-2/h3,5-6,8-15,17,19,26H,4,7,16,18,20H2,1-2H3,(H,32,33,36). The van der Waals surface area contributed by atoms with Crippen molar-refractivity contribution in [1.82, 2.24) is 13.9 Å². The van der Waals surface area contributed by atoms with Crippen LogP contribution in [0.3, 0.4) is 0 Å². The Kier molecular flexibility index (Phi) is 9.12. The molecule has 10 nitrogen and oxygen atoms in total. The summed E-state index contributed by atoms with van der Waals surface area (Å²) in [6.45, 7) is 0.163. The Bertz CT molecular complexity index is 1640. The van der Waals surface area contributed by atoms with Gasteiger partial charge in [0.05, 0.1) is 43.1 Å². The number of hydrogen-bond donors (Lipinski definition) is 1. The highest BCUT2D eigenvalue weighted by atomic mass is 35.5. The van der Waals surface area contributed by atoms with Gasteiger partial charge in [-0.25, -0.2) is 13.4 Å². The van der Waals surface area contributed by atoms with Gasteiger partial charge in [0.1, 0.15) is 11.5 Å². The third kappa shape index (κ3) is 6.76. The average molecular weight is 611 g/mol. The summed E-state index contributed by atoms with van der Waals surface area (Å²) in [5.41, 5.74) is 2.07. The van der Waals surface area contributed by atoms with E-state index in [0.717, 1.165) is 16.3 Å².